The minimum atomic E-state index is -1.84. The van der Waals surface area contributed by atoms with Crippen molar-refractivity contribution >= 4 is 14.1 Å². The second-order valence-electron chi connectivity index (χ2n) is 9.94. The molecule has 2 N–H and O–H groups in total. The number of hydrogen-bond acceptors (Lipinski definition) is 3. The van der Waals surface area contributed by atoms with E-state index in [1.165, 1.54) is 30.4 Å². The first-order valence-electron chi connectivity index (χ1n) is 10.6. The number of rotatable bonds is 6. The Bertz CT molecular complexity index is 752. The van der Waals surface area contributed by atoms with Crippen LogP contribution in [0.25, 0.3) is 0 Å². The maximum Gasteiger partial charge on any atom is 0.192 e. The van der Waals surface area contributed by atoms with Crippen molar-refractivity contribution in [3.63, 3.8) is 0 Å². The molecule has 0 saturated heterocycles. The fourth-order valence-electron chi connectivity index (χ4n) is 4.04. The van der Waals surface area contributed by atoms with Gasteiger partial charge in [0.2, 0.25) is 0 Å². The summed E-state index contributed by atoms with van der Waals surface area (Å²) in [5.41, 5.74) is 8.36. The maximum absolute atomic E-state index is 7.00. The molecule has 1 aromatic heterocycles. The average Bonchev–Trinajstić information content (AvgIpc) is 3.10. The van der Waals surface area contributed by atoms with Crippen molar-refractivity contribution in [3.8, 4) is 0 Å². The van der Waals surface area contributed by atoms with Gasteiger partial charge in [-0.05, 0) is 72.8 Å². The van der Waals surface area contributed by atoms with Crippen LogP contribution in [0.15, 0.2) is 48.7 Å². The Labute approximate surface area is 171 Å². The van der Waals surface area contributed by atoms with Gasteiger partial charge < -0.3 is 10.2 Å². The summed E-state index contributed by atoms with van der Waals surface area (Å²) in [6.07, 6.45) is 6.95. The summed E-state index contributed by atoms with van der Waals surface area (Å²) < 4.78 is 7.00. The van der Waals surface area contributed by atoms with Gasteiger partial charge in [0.05, 0.1) is 6.10 Å². The molecule has 0 bridgehead atoms. The normalized spacial score (nSPS) is 21.6. The molecule has 0 radical (unpaired) electrons. The Morgan fingerprint density at radius 2 is 1.82 bits per heavy atom. The number of benzene rings is 1. The van der Waals surface area contributed by atoms with Crippen LogP contribution >= 0.6 is 0 Å². The second-order valence-corrected chi connectivity index (χ2v) is 14.7. The summed E-state index contributed by atoms with van der Waals surface area (Å²) in [5, 5.41) is 0.216. The smallest absolute Gasteiger partial charge is 0.192 e. The highest BCUT2D eigenvalue weighted by Crippen LogP contribution is 2.47. The van der Waals surface area contributed by atoms with Crippen molar-refractivity contribution in [1.82, 2.24) is 4.98 Å². The van der Waals surface area contributed by atoms with Crippen molar-refractivity contribution in [1.29, 1.82) is 0 Å². The monoisotopic (exact) mass is 396 g/mol. The quantitative estimate of drug-likeness (QED) is 0.576. The number of hydrogen-bond donors (Lipinski definition) is 1. The number of anilines is 1. The lowest BCUT2D eigenvalue weighted by molar-refractivity contribution is 0.118. The fraction of sp³-hybridized carbons (Fsp3) is 0.542. The van der Waals surface area contributed by atoms with Gasteiger partial charge in [0.1, 0.15) is 5.82 Å². The molecule has 1 unspecified atom stereocenters. The Morgan fingerprint density at radius 3 is 2.43 bits per heavy atom. The van der Waals surface area contributed by atoms with Crippen molar-refractivity contribution < 1.29 is 4.43 Å². The molecule has 0 aliphatic heterocycles. The summed E-state index contributed by atoms with van der Waals surface area (Å²) in [6.45, 7) is 11.7. The minimum Gasteiger partial charge on any atom is -0.410 e. The lowest BCUT2D eigenvalue weighted by Crippen LogP contribution is -2.43. The van der Waals surface area contributed by atoms with E-state index in [2.05, 4.69) is 75.2 Å². The van der Waals surface area contributed by atoms with E-state index >= 15 is 0 Å². The van der Waals surface area contributed by atoms with Gasteiger partial charge in [0.15, 0.2) is 8.32 Å². The summed E-state index contributed by atoms with van der Waals surface area (Å²) >= 11 is 0. The average molecular weight is 397 g/mol. The zero-order valence-corrected chi connectivity index (χ0v) is 19.1. The number of nitrogens with zero attached hydrogens (tertiary/aromatic N) is 1. The van der Waals surface area contributed by atoms with Gasteiger partial charge in [0.25, 0.3) is 0 Å². The van der Waals surface area contributed by atoms with Gasteiger partial charge in [-0.15, -0.1) is 0 Å². The lowest BCUT2D eigenvalue weighted by Gasteiger charge is -2.41. The topological polar surface area (TPSA) is 48.1 Å². The Kier molecular flexibility index (Phi) is 6.30. The maximum atomic E-state index is 7.00. The highest BCUT2D eigenvalue weighted by molar-refractivity contribution is 6.74. The molecule has 152 valence electrons. The standard InChI is InChI=1S/C24H36N2OSi/c1-24(2,3)28(4,5)27-23(20-9-7-6-8-10-20)21-13-11-18(16-21)15-19-12-14-22(25)26-17-19/h6-10,12,14,17-18,21,23H,11,13,15-16H2,1-5H3,(H2,25,26)/t18?,21-,23+/m0/s1. The first-order valence-corrected chi connectivity index (χ1v) is 13.5. The molecule has 1 heterocycles. The van der Waals surface area contributed by atoms with Gasteiger partial charge in [-0.3, -0.25) is 0 Å². The first kappa shape index (κ1) is 21.1. The molecular weight excluding hydrogens is 360 g/mol. The molecule has 1 fully saturated rings. The van der Waals surface area contributed by atoms with Gasteiger partial charge in [-0.1, -0.05) is 57.2 Å². The van der Waals surface area contributed by atoms with Crippen LogP contribution in [-0.2, 0) is 10.8 Å². The molecular formula is C24H36N2OSi. The molecule has 3 atom stereocenters. The SMILES string of the molecule is CC(C)(C)[Si](C)(C)O[C@H](c1ccccc1)[C@H]1CCC(Cc2ccc(N)nc2)C1. The Balaban J connectivity index is 1.75. The predicted octanol–water partition coefficient (Wildman–Crippen LogP) is 6.39. The molecule has 1 saturated carbocycles. The van der Waals surface area contributed by atoms with E-state index in [4.69, 9.17) is 10.2 Å². The fourth-order valence-corrected chi connectivity index (χ4v) is 5.35. The van der Waals surface area contributed by atoms with Crippen LogP contribution in [0.4, 0.5) is 5.82 Å². The van der Waals surface area contributed by atoms with Crippen molar-refractivity contribution in [2.75, 3.05) is 5.73 Å². The van der Waals surface area contributed by atoms with E-state index in [1.54, 1.807) is 0 Å². The van der Waals surface area contributed by atoms with Gasteiger partial charge >= 0.3 is 0 Å². The summed E-state index contributed by atoms with van der Waals surface area (Å²) in [4.78, 5) is 4.26. The molecule has 1 aromatic carbocycles. The van der Waals surface area contributed by atoms with Gasteiger partial charge in [-0.2, -0.15) is 0 Å². The Hall–Kier alpha value is -1.65. The third kappa shape index (κ3) is 5.03. The molecule has 2 aromatic rings. The van der Waals surface area contributed by atoms with E-state index < -0.39 is 8.32 Å². The zero-order chi connectivity index (χ0) is 20.4. The highest BCUT2D eigenvalue weighted by atomic mass is 28.4. The van der Waals surface area contributed by atoms with E-state index in [0.717, 1.165) is 6.42 Å². The summed E-state index contributed by atoms with van der Waals surface area (Å²) in [7, 11) is -1.84. The van der Waals surface area contributed by atoms with E-state index in [1.807, 2.05) is 12.3 Å². The zero-order valence-electron chi connectivity index (χ0n) is 18.1. The largest absolute Gasteiger partial charge is 0.410 e. The van der Waals surface area contributed by atoms with Crippen LogP contribution < -0.4 is 5.73 Å². The van der Waals surface area contributed by atoms with Gasteiger partial charge in [0, 0.05) is 6.20 Å². The molecule has 0 amide bonds. The van der Waals surface area contributed by atoms with Crippen LogP contribution in [0, 0.1) is 11.8 Å². The summed E-state index contributed by atoms with van der Waals surface area (Å²) in [5.74, 6) is 1.88. The molecule has 28 heavy (non-hydrogen) atoms. The van der Waals surface area contributed by atoms with Crippen molar-refractivity contribution in [3.05, 3.63) is 59.8 Å². The predicted molar refractivity (Wildman–Crippen MR) is 121 cm³/mol. The number of aromatic nitrogens is 1. The second kappa shape index (κ2) is 8.38. The third-order valence-electron chi connectivity index (χ3n) is 6.74. The van der Waals surface area contributed by atoms with Crippen LogP contribution in [0.3, 0.4) is 0 Å². The Morgan fingerprint density at radius 1 is 1.11 bits per heavy atom. The molecule has 0 spiro atoms. The lowest BCUT2D eigenvalue weighted by atomic mass is 9.92. The minimum absolute atomic E-state index is 0.205. The molecule has 3 rings (SSSR count). The number of pyridine rings is 1. The van der Waals surface area contributed by atoms with Crippen LogP contribution in [0.5, 0.6) is 0 Å². The van der Waals surface area contributed by atoms with E-state index in [-0.39, 0.29) is 11.1 Å². The van der Waals surface area contributed by atoms with E-state index in [9.17, 15) is 0 Å². The molecule has 1 aliphatic carbocycles. The first-order chi connectivity index (χ1) is 13.2. The van der Waals surface area contributed by atoms with Crippen LogP contribution in [-0.4, -0.2) is 13.3 Å². The number of nitrogens with two attached hydrogens (primary N) is 1. The number of nitrogen functional groups attached to an aromatic ring is 1. The molecule has 4 heteroatoms. The highest BCUT2D eigenvalue weighted by Gasteiger charge is 2.42. The van der Waals surface area contributed by atoms with Crippen molar-refractivity contribution in [2.24, 2.45) is 11.8 Å². The molecule has 3 nitrogen and oxygen atoms in total. The third-order valence-corrected chi connectivity index (χ3v) is 11.2. The summed E-state index contributed by atoms with van der Waals surface area (Å²) in [6, 6.07) is 14.9. The van der Waals surface area contributed by atoms with Crippen LogP contribution in [0.2, 0.25) is 18.1 Å². The van der Waals surface area contributed by atoms with Crippen molar-refractivity contribution in [2.45, 2.75) is 70.7 Å². The van der Waals surface area contributed by atoms with E-state index in [0.29, 0.717) is 17.7 Å². The van der Waals surface area contributed by atoms with Gasteiger partial charge in [-0.25, -0.2) is 4.98 Å². The van der Waals surface area contributed by atoms with Crippen LogP contribution in [0.1, 0.15) is 57.3 Å². The molecule has 1 aliphatic rings.